The highest BCUT2D eigenvalue weighted by Gasteiger charge is 2.14. The lowest BCUT2D eigenvalue weighted by Gasteiger charge is -2.17. The molecule has 0 spiro atoms. The fraction of sp³-hybridized carbons (Fsp3) is 0.533. The minimum Gasteiger partial charge on any atom is -0.462 e. The topological polar surface area (TPSA) is 64.3 Å². The molecule has 3 N–H and O–H groups in total. The number of carbonyl (C=O) groups is 1. The SMILES string of the molecule is CCCOC(=O)c1cc(N)ccc1N[C@@H](C)CCC. The number of nitrogen functional groups attached to an aromatic ring is 1. The number of ether oxygens (including phenoxy) is 1. The van der Waals surface area contributed by atoms with Crippen molar-refractivity contribution >= 4 is 17.3 Å². The molecule has 1 aromatic carbocycles. The summed E-state index contributed by atoms with van der Waals surface area (Å²) in [7, 11) is 0. The molecule has 0 fully saturated rings. The van der Waals surface area contributed by atoms with Gasteiger partial charge in [-0.3, -0.25) is 0 Å². The molecule has 0 saturated carbocycles. The van der Waals surface area contributed by atoms with Crippen LogP contribution in [0.3, 0.4) is 0 Å². The largest absolute Gasteiger partial charge is 0.462 e. The number of hydrogen-bond acceptors (Lipinski definition) is 4. The lowest BCUT2D eigenvalue weighted by molar-refractivity contribution is 0.0506. The van der Waals surface area contributed by atoms with Crippen LogP contribution in [0.25, 0.3) is 0 Å². The molecule has 1 aromatic rings. The average Bonchev–Trinajstić information content (AvgIpc) is 2.38. The van der Waals surface area contributed by atoms with E-state index in [2.05, 4.69) is 19.2 Å². The summed E-state index contributed by atoms with van der Waals surface area (Å²) in [6.07, 6.45) is 2.95. The van der Waals surface area contributed by atoms with Crippen LogP contribution in [0.5, 0.6) is 0 Å². The molecule has 0 bridgehead atoms. The molecule has 0 heterocycles. The number of benzene rings is 1. The molecule has 0 unspecified atom stereocenters. The molecule has 106 valence electrons. The van der Waals surface area contributed by atoms with E-state index in [4.69, 9.17) is 10.5 Å². The number of esters is 1. The van der Waals surface area contributed by atoms with E-state index in [1.807, 2.05) is 13.0 Å². The smallest absolute Gasteiger partial charge is 0.340 e. The van der Waals surface area contributed by atoms with Crippen molar-refractivity contribution in [2.45, 2.75) is 46.1 Å². The summed E-state index contributed by atoms with van der Waals surface area (Å²) < 4.78 is 5.18. The van der Waals surface area contributed by atoms with E-state index in [-0.39, 0.29) is 5.97 Å². The van der Waals surface area contributed by atoms with E-state index in [0.29, 0.717) is 23.9 Å². The highest BCUT2D eigenvalue weighted by molar-refractivity contribution is 5.96. The van der Waals surface area contributed by atoms with Crippen molar-refractivity contribution in [3.05, 3.63) is 23.8 Å². The van der Waals surface area contributed by atoms with Crippen LogP contribution >= 0.6 is 0 Å². The Hall–Kier alpha value is -1.71. The molecule has 0 amide bonds. The second-order valence-corrected chi connectivity index (χ2v) is 4.78. The van der Waals surface area contributed by atoms with Crippen LogP contribution in [-0.2, 0) is 4.74 Å². The second-order valence-electron chi connectivity index (χ2n) is 4.78. The van der Waals surface area contributed by atoms with Crippen LogP contribution in [0, 0.1) is 0 Å². The summed E-state index contributed by atoms with van der Waals surface area (Å²) in [5.41, 5.74) is 7.61. The van der Waals surface area contributed by atoms with Gasteiger partial charge in [0.05, 0.1) is 12.2 Å². The monoisotopic (exact) mass is 264 g/mol. The Morgan fingerprint density at radius 1 is 1.37 bits per heavy atom. The Morgan fingerprint density at radius 2 is 2.11 bits per heavy atom. The van der Waals surface area contributed by atoms with Crippen LogP contribution in [0.1, 0.15) is 50.4 Å². The van der Waals surface area contributed by atoms with Crippen LogP contribution in [-0.4, -0.2) is 18.6 Å². The molecule has 4 heteroatoms. The van der Waals surface area contributed by atoms with E-state index < -0.39 is 0 Å². The Morgan fingerprint density at radius 3 is 2.74 bits per heavy atom. The number of nitrogens with two attached hydrogens (primary N) is 1. The molecule has 0 radical (unpaired) electrons. The zero-order chi connectivity index (χ0) is 14.3. The third-order valence-corrected chi connectivity index (χ3v) is 2.82. The lowest BCUT2D eigenvalue weighted by atomic mass is 10.1. The number of carbonyl (C=O) groups excluding carboxylic acids is 1. The van der Waals surface area contributed by atoms with Crippen molar-refractivity contribution in [3.8, 4) is 0 Å². The molecule has 0 aromatic heterocycles. The second kappa shape index (κ2) is 7.67. The Bertz CT molecular complexity index is 419. The van der Waals surface area contributed by atoms with Crippen molar-refractivity contribution in [1.29, 1.82) is 0 Å². The quantitative estimate of drug-likeness (QED) is 0.585. The van der Waals surface area contributed by atoms with Crippen LogP contribution in [0.15, 0.2) is 18.2 Å². The highest BCUT2D eigenvalue weighted by Crippen LogP contribution is 2.21. The van der Waals surface area contributed by atoms with Gasteiger partial charge in [-0.25, -0.2) is 4.79 Å². The molecule has 0 saturated heterocycles. The van der Waals surface area contributed by atoms with Gasteiger partial charge in [-0.1, -0.05) is 20.3 Å². The molecular formula is C15H24N2O2. The maximum Gasteiger partial charge on any atom is 0.340 e. The number of hydrogen-bond donors (Lipinski definition) is 2. The minimum absolute atomic E-state index is 0.311. The predicted molar refractivity (Wildman–Crippen MR) is 79.4 cm³/mol. The number of nitrogens with one attached hydrogen (secondary N) is 1. The summed E-state index contributed by atoms with van der Waals surface area (Å²) >= 11 is 0. The van der Waals surface area contributed by atoms with Crippen molar-refractivity contribution in [2.24, 2.45) is 0 Å². The fourth-order valence-electron chi connectivity index (χ4n) is 1.90. The molecule has 0 aliphatic carbocycles. The molecule has 1 rings (SSSR count). The third-order valence-electron chi connectivity index (χ3n) is 2.82. The first-order chi connectivity index (χ1) is 9.08. The van der Waals surface area contributed by atoms with Crippen LogP contribution in [0.2, 0.25) is 0 Å². The van der Waals surface area contributed by atoms with Gasteiger partial charge < -0.3 is 15.8 Å². The maximum absolute atomic E-state index is 12.0. The van der Waals surface area contributed by atoms with Crippen LogP contribution in [0.4, 0.5) is 11.4 Å². The van der Waals surface area contributed by atoms with Crippen molar-refractivity contribution in [3.63, 3.8) is 0 Å². The summed E-state index contributed by atoms with van der Waals surface area (Å²) in [6, 6.07) is 5.60. The fourth-order valence-corrected chi connectivity index (χ4v) is 1.90. The Balaban J connectivity index is 2.87. The summed E-state index contributed by atoms with van der Waals surface area (Å²) in [6.45, 7) is 6.63. The van der Waals surface area contributed by atoms with Crippen molar-refractivity contribution in [2.75, 3.05) is 17.7 Å². The van der Waals surface area contributed by atoms with Gasteiger partial charge >= 0.3 is 5.97 Å². The summed E-state index contributed by atoms with van der Waals surface area (Å²) in [4.78, 5) is 12.0. The predicted octanol–water partition coefficient (Wildman–Crippen LogP) is 3.44. The zero-order valence-electron chi connectivity index (χ0n) is 12.0. The van der Waals surface area contributed by atoms with Crippen molar-refractivity contribution < 1.29 is 9.53 Å². The van der Waals surface area contributed by atoms with E-state index >= 15 is 0 Å². The van der Waals surface area contributed by atoms with E-state index in [1.165, 1.54) is 0 Å². The van der Waals surface area contributed by atoms with E-state index in [0.717, 1.165) is 24.9 Å². The van der Waals surface area contributed by atoms with Gasteiger partial charge in [0.15, 0.2) is 0 Å². The van der Waals surface area contributed by atoms with E-state index in [1.54, 1.807) is 12.1 Å². The molecule has 0 aliphatic rings. The third kappa shape index (κ3) is 4.81. The van der Waals surface area contributed by atoms with Crippen LogP contribution < -0.4 is 11.1 Å². The van der Waals surface area contributed by atoms with Gasteiger partial charge in [0, 0.05) is 17.4 Å². The maximum atomic E-state index is 12.0. The van der Waals surface area contributed by atoms with E-state index in [9.17, 15) is 4.79 Å². The standard InChI is InChI=1S/C15H24N2O2/c1-4-6-11(3)17-14-8-7-12(16)10-13(14)15(18)19-9-5-2/h7-8,10-11,17H,4-6,9,16H2,1-3H3/t11-/m0/s1. The zero-order valence-corrected chi connectivity index (χ0v) is 12.0. The lowest BCUT2D eigenvalue weighted by Crippen LogP contribution is -2.18. The molecule has 0 aliphatic heterocycles. The molecular weight excluding hydrogens is 240 g/mol. The molecule has 4 nitrogen and oxygen atoms in total. The Kier molecular flexibility index (Phi) is 6.19. The average molecular weight is 264 g/mol. The van der Waals surface area contributed by atoms with Crippen molar-refractivity contribution in [1.82, 2.24) is 0 Å². The van der Waals surface area contributed by atoms with Gasteiger partial charge in [-0.15, -0.1) is 0 Å². The normalized spacial score (nSPS) is 11.9. The summed E-state index contributed by atoms with van der Waals surface area (Å²) in [5.74, 6) is -0.319. The first-order valence-electron chi connectivity index (χ1n) is 6.91. The van der Waals surface area contributed by atoms with Gasteiger partial charge in [0.25, 0.3) is 0 Å². The Labute approximate surface area is 115 Å². The molecule has 19 heavy (non-hydrogen) atoms. The minimum atomic E-state index is -0.319. The molecule has 1 atom stereocenters. The number of anilines is 2. The number of rotatable bonds is 7. The first-order valence-corrected chi connectivity index (χ1v) is 6.91. The summed E-state index contributed by atoms with van der Waals surface area (Å²) in [5, 5.41) is 3.34. The van der Waals surface area contributed by atoms with Gasteiger partial charge in [-0.2, -0.15) is 0 Å². The first kappa shape index (κ1) is 15.3. The van der Waals surface area contributed by atoms with Gasteiger partial charge in [-0.05, 0) is 38.0 Å². The van der Waals surface area contributed by atoms with Gasteiger partial charge in [0.1, 0.15) is 0 Å². The van der Waals surface area contributed by atoms with Gasteiger partial charge in [0.2, 0.25) is 0 Å². The highest BCUT2D eigenvalue weighted by atomic mass is 16.5.